The van der Waals surface area contributed by atoms with Crippen LogP contribution in [0.5, 0.6) is 5.75 Å². The van der Waals surface area contributed by atoms with E-state index in [0.717, 1.165) is 17.0 Å². The summed E-state index contributed by atoms with van der Waals surface area (Å²) in [4.78, 5) is 0. The van der Waals surface area contributed by atoms with Gasteiger partial charge in [-0.2, -0.15) is 0 Å². The molecule has 12 heavy (non-hydrogen) atoms. The molecule has 0 unspecified atom stereocenters. The zero-order chi connectivity index (χ0) is 8.97. The number of hydrogen-bond acceptors (Lipinski definition) is 2. The highest BCUT2D eigenvalue weighted by atomic mass is 16.5. The molecule has 0 aromatic heterocycles. The van der Waals surface area contributed by atoms with Crippen LogP contribution in [0.1, 0.15) is 6.92 Å². The summed E-state index contributed by atoms with van der Waals surface area (Å²) < 4.78 is 5.37. The number of ether oxygens (including phenoxy) is 1. The fourth-order valence-electron chi connectivity index (χ4n) is 0.771. The lowest BCUT2D eigenvalue weighted by Gasteiger charge is -2.04. The molecule has 1 aromatic carbocycles. The maximum Gasteiger partial charge on any atom is 0.119 e. The van der Waals surface area contributed by atoms with Crippen molar-refractivity contribution in [3.63, 3.8) is 0 Å². The van der Waals surface area contributed by atoms with Gasteiger partial charge < -0.3 is 10.5 Å². The molecule has 64 valence electrons. The molecule has 2 nitrogen and oxygen atoms in total. The van der Waals surface area contributed by atoms with Crippen molar-refractivity contribution in [1.82, 2.24) is 0 Å². The molecule has 2 heteroatoms. The average molecular weight is 163 g/mol. The van der Waals surface area contributed by atoms with Crippen molar-refractivity contribution in [2.75, 3.05) is 12.3 Å². The van der Waals surface area contributed by atoms with Gasteiger partial charge >= 0.3 is 0 Å². The van der Waals surface area contributed by atoms with Crippen molar-refractivity contribution in [3.8, 4) is 5.75 Å². The number of nitrogen functional groups attached to an aromatic ring is 1. The summed E-state index contributed by atoms with van der Waals surface area (Å²) in [6, 6.07) is 7.32. The van der Waals surface area contributed by atoms with Gasteiger partial charge in [0.1, 0.15) is 12.4 Å². The number of benzene rings is 1. The Morgan fingerprint density at radius 1 is 1.42 bits per heavy atom. The van der Waals surface area contributed by atoms with Gasteiger partial charge in [-0.1, -0.05) is 6.58 Å². The Labute approximate surface area is 72.7 Å². The highest BCUT2D eigenvalue weighted by Crippen LogP contribution is 2.13. The van der Waals surface area contributed by atoms with Gasteiger partial charge in [0.2, 0.25) is 0 Å². The quantitative estimate of drug-likeness (QED) is 0.547. The summed E-state index contributed by atoms with van der Waals surface area (Å²) in [7, 11) is 0. The van der Waals surface area contributed by atoms with Gasteiger partial charge in [-0.25, -0.2) is 0 Å². The van der Waals surface area contributed by atoms with Crippen molar-refractivity contribution in [1.29, 1.82) is 0 Å². The molecule has 0 fully saturated rings. The maximum absolute atomic E-state index is 5.51. The minimum atomic E-state index is 0.559. The molecule has 2 N–H and O–H groups in total. The van der Waals surface area contributed by atoms with E-state index in [0.29, 0.717) is 6.61 Å². The van der Waals surface area contributed by atoms with Crippen LogP contribution in [-0.2, 0) is 0 Å². The summed E-state index contributed by atoms with van der Waals surface area (Å²) in [6.45, 7) is 6.23. The molecule has 0 amide bonds. The molecular weight excluding hydrogens is 150 g/mol. The lowest BCUT2D eigenvalue weighted by molar-refractivity contribution is 0.353. The van der Waals surface area contributed by atoms with E-state index < -0.39 is 0 Å². The Morgan fingerprint density at radius 2 is 2.00 bits per heavy atom. The monoisotopic (exact) mass is 163 g/mol. The van der Waals surface area contributed by atoms with E-state index in [1.807, 2.05) is 31.2 Å². The zero-order valence-electron chi connectivity index (χ0n) is 7.21. The first-order chi connectivity index (χ1) is 5.68. The molecule has 1 aromatic rings. The van der Waals surface area contributed by atoms with Crippen LogP contribution >= 0.6 is 0 Å². The van der Waals surface area contributed by atoms with Crippen LogP contribution in [0.3, 0.4) is 0 Å². The molecular formula is C10H13NO. The molecule has 0 bridgehead atoms. The first-order valence-electron chi connectivity index (χ1n) is 3.81. The first kappa shape index (κ1) is 8.65. The largest absolute Gasteiger partial charge is 0.489 e. The van der Waals surface area contributed by atoms with Crippen LogP contribution in [0.2, 0.25) is 0 Å². The molecule has 0 aliphatic heterocycles. The predicted octanol–water partition coefficient (Wildman–Crippen LogP) is 2.22. The third-order valence-corrected chi connectivity index (χ3v) is 1.37. The summed E-state index contributed by atoms with van der Waals surface area (Å²) >= 11 is 0. The van der Waals surface area contributed by atoms with Crippen molar-refractivity contribution in [3.05, 3.63) is 36.4 Å². The number of rotatable bonds is 3. The Kier molecular flexibility index (Phi) is 2.75. The maximum atomic E-state index is 5.51. The van der Waals surface area contributed by atoms with Crippen LogP contribution < -0.4 is 10.5 Å². The molecule has 0 spiro atoms. The van der Waals surface area contributed by atoms with Gasteiger partial charge in [0.25, 0.3) is 0 Å². The molecule has 0 saturated heterocycles. The molecule has 0 radical (unpaired) electrons. The van der Waals surface area contributed by atoms with E-state index in [1.54, 1.807) is 0 Å². The van der Waals surface area contributed by atoms with E-state index in [-0.39, 0.29) is 0 Å². The Hall–Kier alpha value is -1.44. The zero-order valence-corrected chi connectivity index (χ0v) is 7.21. The molecule has 0 aliphatic carbocycles. The first-order valence-corrected chi connectivity index (χ1v) is 3.81. The van der Waals surface area contributed by atoms with Crippen LogP contribution in [0.25, 0.3) is 0 Å². The lowest BCUT2D eigenvalue weighted by Crippen LogP contribution is -1.97. The number of hydrogen-bond donors (Lipinski definition) is 1. The minimum Gasteiger partial charge on any atom is -0.489 e. The van der Waals surface area contributed by atoms with Crippen molar-refractivity contribution >= 4 is 5.69 Å². The second-order valence-electron chi connectivity index (χ2n) is 2.81. The van der Waals surface area contributed by atoms with Crippen molar-refractivity contribution in [2.24, 2.45) is 0 Å². The SMILES string of the molecule is C=C(C)COc1ccc(N)cc1. The third kappa shape index (κ3) is 2.66. The predicted molar refractivity (Wildman–Crippen MR) is 51.2 cm³/mol. The number of anilines is 1. The van der Waals surface area contributed by atoms with Crippen LogP contribution in [0, 0.1) is 0 Å². The fourth-order valence-corrected chi connectivity index (χ4v) is 0.771. The van der Waals surface area contributed by atoms with Crippen LogP contribution in [-0.4, -0.2) is 6.61 Å². The molecule has 1 rings (SSSR count). The van der Waals surface area contributed by atoms with E-state index in [2.05, 4.69) is 6.58 Å². The fraction of sp³-hybridized carbons (Fsp3) is 0.200. The molecule has 0 atom stereocenters. The highest BCUT2D eigenvalue weighted by molar-refractivity contribution is 5.41. The third-order valence-electron chi connectivity index (χ3n) is 1.37. The topological polar surface area (TPSA) is 35.2 Å². The molecule has 0 heterocycles. The summed E-state index contributed by atoms with van der Waals surface area (Å²) in [6.07, 6.45) is 0. The van der Waals surface area contributed by atoms with Crippen LogP contribution in [0.4, 0.5) is 5.69 Å². The average Bonchev–Trinajstić information content (AvgIpc) is 2.03. The summed E-state index contributed by atoms with van der Waals surface area (Å²) in [5, 5.41) is 0. The van der Waals surface area contributed by atoms with Gasteiger partial charge in [-0.3, -0.25) is 0 Å². The second-order valence-corrected chi connectivity index (χ2v) is 2.81. The second kappa shape index (κ2) is 3.81. The van der Waals surface area contributed by atoms with E-state index in [1.165, 1.54) is 0 Å². The standard InChI is InChI=1S/C10H13NO/c1-8(2)7-12-10-5-3-9(11)4-6-10/h3-6H,1,7,11H2,2H3. The minimum absolute atomic E-state index is 0.559. The van der Waals surface area contributed by atoms with Crippen LogP contribution in [0.15, 0.2) is 36.4 Å². The number of nitrogens with two attached hydrogens (primary N) is 1. The van der Waals surface area contributed by atoms with E-state index in [4.69, 9.17) is 10.5 Å². The van der Waals surface area contributed by atoms with Gasteiger partial charge in [0.05, 0.1) is 0 Å². The normalized spacial score (nSPS) is 9.42. The summed E-state index contributed by atoms with van der Waals surface area (Å²) in [5.74, 6) is 0.826. The Morgan fingerprint density at radius 3 is 2.50 bits per heavy atom. The van der Waals surface area contributed by atoms with Gasteiger partial charge in [0.15, 0.2) is 0 Å². The highest BCUT2D eigenvalue weighted by Gasteiger charge is 1.92. The Bertz CT molecular complexity index is 264. The van der Waals surface area contributed by atoms with E-state index >= 15 is 0 Å². The lowest BCUT2D eigenvalue weighted by atomic mass is 10.3. The summed E-state index contributed by atoms with van der Waals surface area (Å²) in [5.41, 5.74) is 7.26. The van der Waals surface area contributed by atoms with Crippen molar-refractivity contribution in [2.45, 2.75) is 6.92 Å². The molecule has 0 saturated carbocycles. The smallest absolute Gasteiger partial charge is 0.119 e. The Balaban J connectivity index is 2.53. The van der Waals surface area contributed by atoms with E-state index in [9.17, 15) is 0 Å². The van der Waals surface area contributed by atoms with Gasteiger partial charge in [-0.15, -0.1) is 0 Å². The van der Waals surface area contributed by atoms with Crippen molar-refractivity contribution < 1.29 is 4.74 Å². The molecule has 0 aliphatic rings. The van der Waals surface area contributed by atoms with Gasteiger partial charge in [0, 0.05) is 5.69 Å². The van der Waals surface area contributed by atoms with Gasteiger partial charge in [-0.05, 0) is 36.8 Å².